The molecule has 1 heterocycles. The molecule has 1 aliphatic heterocycles. The van der Waals surface area contributed by atoms with Gasteiger partial charge in [-0.25, -0.2) is 0 Å². The fourth-order valence-corrected chi connectivity index (χ4v) is 3.96. The van der Waals surface area contributed by atoms with Crippen molar-refractivity contribution in [2.75, 3.05) is 10.6 Å². The number of alkyl halides is 3. The van der Waals surface area contributed by atoms with E-state index >= 15 is 0 Å². The number of carbonyl (C=O) groups is 2. The van der Waals surface area contributed by atoms with E-state index in [1.165, 1.54) is 24.3 Å². The van der Waals surface area contributed by atoms with E-state index in [9.17, 15) is 27.9 Å². The SMILES string of the molecule is Cc1cccc(/C(=C\C=C\C(=O)Nc2cccc3c2CC(O)C(=O)N3)c2ccc(C(F)(F)F)cc2)c1. The Morgan fingerprint density at radius 1 is 1.06 bits per heavy atom. The number of allylic oxidation sites excluding steroid dienone is 2. The van der Waals surface area contributed by atoms with Crippen LogP contribution in [0.4, 0.5) is 24.5 Å². The first-order valence-corrected chi connectivity index (χ1v) is 11.2. The molecule has 0 aliphatic carbocycles. The molecule has 0 saturated carbocycles. The average molecular weight is 492 g/mol. The summed E-state index contributed by atoms with van der Waals surface area (Å²) in [5, 5.41) is 15.2. The molecule has 1 unspecified atom stereocenters. The van der Waals surface area contributed by atoms with Gasteiger partial charge in [-0.2, -0.15) is 13.2 Å². The Kier molecular flexibility index (Phi) is 7.07. The topological polar surface area (TPSA) is 78.4 Å². The van der Waals surface area contributed by atoms with E-state index < -0.39 is 29.7 Å². The third-order valence-electron chi connectivity index (χ3n) is 5.75. The molecule has 1 aliphatic rings. The molecule has 0 spiro atoms. The molecule has 3 aromatic rings. The molecule has 0 saturated heterocycles. The molecule has 8 heteroatoms. The Balaban J connectivity index is 1.59. The second-order valence-corrected chi connectivity index (χ2v) is 8.41. The van der Waals surface area contributed by atoms with Gasteiger partial charge in [0, 0.05) is 29.4 Å². The van der Waals surface area contributed by atoms with Gasteiger partial charge in [0.25, 0.3) is 5.91 Å². The predicted octanol–water partition coefficient (Wildman–Crippen LogP) is 5.50. The number of carbonyl (C=O) groups excluding carboxylic acids is 2. The fraction of sp³-hybridized carbons (Fsp3) is 0.143. The van der Waals surface area contributed by atoms with Crippen molar-refractivity contribution >= 4 is 28.8 Å². The number of nitrogens with one attached hydrogen (secondary N) is 2. The van der Waals surface area contributed by atoms with Crippen LogP contribution in [0.1, 0.15) is 27.8 Å². The van der Waals surface area contributed by atoms with Crippen LogP contribution in [0.3, 0.4) is 0 Å². The molecule has 0 aromatic heterocycles. The largest absolute Gasteiger partial charge is 0.416 e. The van der Waals surface area contributed by atoms with Gasteiger partial charge in [0.2, 0.25) is 5.91 Å². The van der Waals surface area contributed by atoms with Crippen LogP contribution in [0.15, 0.2) is 85.0 Å². The first kappa shape index (κ1) is 24.9. The summed E-state index contributed by atoms with van der Waals surface area (Å²) in [6.07, 6.45) is -1.06. The van der Waals surface area contributed by atoms with E-state index in [2.05, 4.69) is 10.6 Å². The van der Waals surface area contributed by atoms with Gasteiger partial charge in [0.1, 0.15) is 6.10 Å². The Morgan fingerprint density at radius 2 is 1.78 bits per heavy atom. The summed E-state index contributed by atoms with van der Waals surface area (Å²) >= 11 is 0. The van der Waals surface area contributed by atoms with Gasteiger partial charge in [-0.15, -0.1) is 0 Å². The summed E-state index contributed by atoms with van der Waals surface area (Å²) in [6, 6.07) is 17.4. The summed E-state index contributed by atoms with van der Waals surface area (Å²) in [7, 11) is 0. The van der Waals surface area contributed by atoms with Crippen molar-refractivity contribution in [1.82, 2.24) is 0 Å². The van der Waals surface area contributed by atoms with E-state index in [0.717, 1.165) is 23.3 Å². The lowest BCUT2D eigenvalue weighted by atomic mass is 9.95. The lowest BCUT2D eigenvalue weighted by Gasteiger charge is -2.23. The highest BCUT2D eigenvalue weighted by Gasteiger charge is 2.30. The molecule has 5 nitrogen and oxygen atoms in total. The van der Waals surface area contributed by atoms with Crippen LogP contribution in [0.25, 0.3) is 5.57 Å². The number of hydrogen-bond acceptors (Lipinski definition) is 3. The van der Waals surface area contributed by atoms with Crippen LogP contribution >= 0.6 is 0 Å². The van der Waals surface area contributed by atoms with Crippen molar-refractivity contribution in [1.29, 1.82) is 0 Å². The highest BCUT2D eigenvalue weighted by atomic mass is 19.4. The highest BCUT2D eigenvalue weighted by Crippen LogP contribution is 2.32. The summed E-state index contributed by atoms with van der Waals surface area (Å²) in [5.74, 6) is -0.940. The zero-order chi connectivity index (χ0) is 25.9. The van der Waals surface area contributed by atoms with Gasteiger partial charge in [-0.05, 0) is 47.9 Å². The number of aliphatic hydroxyl groups excluding tert-OH is 1. The first-order chi connectivity index (χ1) is 17.1. The minimum absolute atomic E-state index is 0.0761. The van der Waals surface area contributed by atoms with E-state index in [1.54, 1.807) is 24.3 Å². The maximum absolute atomic E-state index is 13.0. The Hall–Kier alpha value is -4.17. The molecule has 4 rings (SSSR count). The third-order valence-corrected chi connectivity index (χ3v) is 5.75. The molecular formula is C28H23F3N2O3. The number of anilines is 2. The molecule has 3 N–H and O–H groups in total. The first-order valence-electron chi connectivity index (χ1n) is 11.2. The van der Waals surface area contributed by atoms with Crippen LogP contribution < -0.4 is 10.6 Å². The molecule has 3 aromatic carbocycles. The predicted molar refractivity (Wildman–Crippen MR) is 132 cm³/mol. The zero-order valence-corrected chi connectivity index (χ0v) is 19.3. The monoisotopic (exact) mass is 492 g/mol. The quantitative estimate of drug-likeness (QED) is 0.325. The maximum Gasteiger partial charge on any atom is 0.416 e. The normalized spacial score (nSPS) is 16.0. The van der Waals surface area contributed by atoms with Crippen LogP contribution in [0.2, 0.25) is 0 Å². The minimum atomic E-state index is -4.43. The van der Waals surface area contributed by atoms with Crippen molar-refractivity contribution in [2.45, 2.75) is 25.6 Å². The molecule has 2 amide bonds. The smallest absolute Gasteiger partial charge is 0.383 e. The van der Waals surface area contributed by atoms with Gasteiger partial charge < -0.3 is 15.7 Å². The minimum Gasteiger partial charge on any atom is -0.383 e. The van der Waals surface area contributed by atoms with Crippen LogP contribution in [0.5, 0.6) is 0 Å². The summed E-state index contributed by atoms with van der Waals surface area (Å²) in [5.41, 5.74) is 3.86. The van der Waals surface area contributed by atoms with Gasteiger partial charge >= 0.3 is 6.18 Å². The number of aryl methyl sites for hydroxylation is 1. The van der Waals surface area contributed by atoms with Crippen molar-refractivity contribution in [3.8, 4) is 0 Å². The molecule has 0 bridgehead atoms. The summed E-state index contributed by atoms with van der Waals surface area (Å²) < 4.78 is 39.0. The molecule has 0 radical (unpaired) electrons. The second kappa shape index (κ2) is 10.2. The number of fused-ring (bicyclic) bond motifs is 1. The number of hydrogen-bond donors (Lipinski definition) is 3. The van der Waals surface area contributed by atoms with Crippen molar-refractivity contribution in [3.63, 3.8) is 0 Å². The van der Waals surface area contributed by atoms with E-state index in [1.807, 2.05) is 31.2 Å². The maximum atomic E-state index is 13.0. The number of halogens is 3. The fourth-order valence-electron chi connectivity index (χ4n) is 3.96. The van der Waals surface area contributed by atoms with E-state index in [0.29, 0.717) is 28.1 Å². The van der Waals surface area contributed by atoms with E-state index in [4.69, 9.17) is 0 Å². The average Bonchev–Trinajstić information content (AvgIpc) is 2.83. The number of amides is 2. The standard InChI is InChI=1S/C28H23F3N2O3/c1-17-5-2-6-19(15-17)21(18-11-13-20(14-12-18)28(29,30)31)7-3-10-26(35)32-23-8-4-9-24-22(23)16-25(34)27(36)33-24/h2-15,25,34H,16H2,1H3,(H,32,35)(H,33,36)/b10-3+,21-7-. The molecule has 184 valence electrons. The number of benzene rings is 3. The van der Waals surface area contributed by atoms with Crippen molar-refractivity contribution in [3.05, 3.63) is 113 Å². The van der Waals surface area contributed by atoms with Crippen LogP contribution in [-0.4, -0.2) is 23.0 Å². The van der Waals surface area contributed by atoms with Crippen molar-refractivity contribution in [2.24, 2.45) is 0 Å². The third kappa shape index (κ3) is 5.72. The zero-order valence-electron chi connectivity index (χ0n) is 19.3. The molecular weight excluding hydrogens is 469 g/mol. The Morgan fingerprint density at radius 3 is 2.47 bits per heavy atom. The highest BCUT2D eigenvalue weighted by molar-refractivity contribution is 6.03. The lowest BCUT2D eigenvalue weighted by molar-refractivity contribution is -0.137. The second-order valence-electron chi connectivity index (χ2n) is 8.41. The number of rotatable bonds is 5. The number of aliphatic hydroxyl groups is 1. The Bertz CT molecular complexity index is 1360. The lowest BCUT2D eigenvalue weighted by Crippen LogP contribution is -2.34. The Labute approximate surface area is 206 Å². The van der Waals surface area contributed by atoms with Crippen molar-refractivity contribution < 1.29 is 27.9 Å². The summed E-state index contributed by atoms with van der Waals surface area (Å²) in [6.45, 7) is 1.91. The molecule has 1 atom stereocenters. The molecule has 0 fully saturated rings. The summed E-state index contributed by atoms with van der Waals surface area (Å²) in [4.78, 5) is 24.3. The van der Waals surface area contributed by atoms with E-state index in [-0.39, 0.29) is 6.42 Å². The van der Waals surface area contributed by atoms with Gasteiger partial charge in [0.15, 0.2) is 0 Å². The van der Waals surface area contributed by atoms with Gasteiger partial charge in [-0.3, -0.25) is 9.59 Å². The van der Waals surface area contributed by atoms with Gasteiger partial charge in [0.05, 0.1) is 5.56 Å². The van der Waals surface area contributed by atoms with Gasteiger partial charge in [-0.1, -0.05) is 60.2 Å². The molecule has 36 heavy (non-hydrogen) atoms. The van der Waals surface area contributed by atoms with Crippen LogP contribution in [-0.2, 0) is 22.2 Å². The van der Waals surface area contributed by atoms with Crippen LogP contribution in [0, 0.1) is 6.92 Å².